The molecule has 1 aliphatic rings. The van der Waals surface area contributed by atoms with Crippen molar-refractivity contribution in [3.05, 3.63) is 30.0 Å². The second-order valence-electron chi connectivity index (χ2n) is 8.20. The molecular formula is C24H38ClN5OS. The molecule has 0 unspecified atom stereocenters. The van der Waals surface area contributed by atoms with Crippen LogP contribution in [-0.2, 0) is 0 Å². The molecule has 1 aromatic heterocycles. The van der Waals surface area contributed by atoms with E-state index in [1.165, 1.54) is 31.4 Å². The van der Waals surface area contributed by atoms with Crippen LogP contribution in [0.5, 0.6) is 5.75 Å². The Bertz CT molecular complexity index is 858. The molecule has 0 spiro atoms. The highest BCUT2D eigenvalue weighted by molar-refractivity contribution is 7.80. The van der Waals surface area contributed by atoms with E-state index >= 15 is 0 Å². The van der Waals surface area contributed by atoms with E-state index in [4.69, 9.17) is 17.0 Å². The molecule has 3 rings (SSSR count). The smallest absolute Gasteiger partial charge is 0.169 e. The largest absolute Gasteiger partial charge is 0.497 e. The normalized spacial score (nSPS) is 14.2. The number of nitrogens with zero attached hydrogens (tertiary/aromatic N) is 3. The van der Waals surface area contributed by atoms with Crippen LogP contribution in [0.2, 0.25) is 0 Å². The van der Waals surface area contributed by atoms with Gasteiger partial charge < -0.3 is 20.3 Å². The number of aromatic nitrogens is 1. The Balaban J connectivity index is 0.00000363. The minimum absolute atomic E-state index is 0. The zero-order chi connectivity index (χ0) is 22.1. The van der Waals surface area contributed by atoms with Gasteiger partial charge in [-0.05, 0) is 63.1 Å². The molecule has 0 radical (unpaired) electrons. The molecule has 2 heterocycles. The van der Waals surface area contributed by atoms with E-state index in [1.807, 2.05) is 12.3 Å². The third kappa shape index (κ3) is 7.36. The zero-order valence-electron chi connectivity index (χ0n) is 19.7. The molecule has 0 amide bonds. The molecular weight excluding hydrogens is 442 g/mol. The molecule has 0 bridgehead atoms. The third-order valence-electron chi connectivity index (χ3n) is 5.98. The summed E-state index contributed by atoms with van der Waals surface area (Å²) in [6, 6.07) is 6.16. The summed E-state index contributed by atoms with van der Waals surface area (Å²) in [4.78, 5) is 9.45. The fourth-order valence-corrected chi connectivity index (χ4v) is 4.42. The highest BCUT2D eigenvalue weighted by Crippen LogP contribution is 2.29. The number of rotatable bonds is 10. The van der Waals surface area contributed by atoms with Gasteiger partial charge in [-0.15, -0.1) is 12.4 Å². The molecule has 0 aliphatic carbocycles. The maximum absolute atomic E-state index is 5.48. The van der Waals surface area contributed by atoms with Crippen molar-refractivity contribution in [2.75, 3.05) is 58.2 Å². The highest BCUT2D eigenvalue weighted by atomic mass is 35.5. The van der Waals surface area contributed by atoms with Crippen LogP contribution < -0.4 is 15.4 Å². The van der Waals surface area contributed by atoms with Gasteiger partial charge in [0.05, 0.1) is 18.3 Å². The molecule has 1 aliphatic heterocycles. The molecule has 0 atom stereocenters. The van der Waals surface area contributed by atoms with Crippen LogP contribution in [0, 0.1) is 6.92 Å². The molecule has 32 heavy (non-hydrogen) atoms. The quantitative estimate of drug-likeness (QED) is 0.385. The minimum Gasteiger partial charge on any atom is -0.497 e. The van der Waals surface area contributed by atoms with Crippen molar-refractivity contribution < 1.29 is 4.74 Å². The van der Waals surface area contributed by atoms with Gasteiger partial charge in [0, 0.05) is 56.9 Å². The van der Waals surface area contributed by atoms with Crippen LogP contribution in [0.1, 0.15) is 38.2 Å². The lowest BCUT2D eigenvalue weighted by molar-refractivity contribution is 0.178. The number of nitrogens with one attached hydrogen (secondary N) is 2. The average Bonchev–Trinajstić information content (AvgIpc) is 2.79. The van der Waals surface area contributed by atoms with Gasteiger partial charge in [-0.3, -0.25) is 9.88 Å². The van der Waals surface area contributed by atoms with Gasteiger partial charge in [-0.1, -0.05) is 12.8 Å². The summed E-state index contributed by atoms with van der Waals surface area (Å²) in [6.07, 6.45) is 6.82. The molecule has 1 aromatic carbocycles. The van der Waals surface area contributed by atoms with E-state index in [2.05, 4.69) is 51.4 Å². The number of anilines is 1. The van der Waals surface area contributed by atoms with E-state index in [0.717, 1.165) is 73.1 Å². The van der Waals surface area contributed by atoms with Crippen molar-refractivity contribution in [3.8, 4) is 5.75 Å². The maximum Gasteiger partial charge on any atom is 0.169 e. The summed E-state index contributed by atoms with van der Waals surface area (Å²) < 4.78 is 5.48. The lowest BCUT2D eigenvalue weighted by atomic mass is 10.1. The number of hydrogen-bond donors (Lipinski definition) is 2. The zero-order valence-corrected chi connectivity index (χ0v) is 21.3. The Morgan fingerprint density at radius 3 is 2.59 bits per heavy atom. The SMILES string of the molecule is CCNC(=S)N1CCN(CCCCCCNc2cc(OC)cc3c(C)ccnc23)CC1.Cl. The van der Waals surface area contributed by atoms with Crippen LogP contribution in [0.3, 0.4) is 0 Å². The van der Waals surface area contributed by atoms with E-state index in [0.29, 0.717) is 0 Å². The van der Waals surface area contributed by atoms with Crippen LogP contribution in [0.4, 0.5) is 5.69 Å². The van der Waals surface area contributed by atoms with Crippen molar-refractivity contribution in [1.82, 2.24) is 20.1 Å². The lowest BCUT2D eigenvalue weighted by Crippen LogP contribution is -2.51. The molecule has 0 saturated carbocycles. The third-order valence-corrected chi connectivity index (χ3v) is 6.38. The van der Waals surface area contributed by atoms with Crippen molar-refractivity contribution in [3.63, 3.8) is 0 Å². The molecule has 2 N–H and O–H groups in total. The van der Waals surface area contributed by atoms with Crippen LogP contribution in [0.15, 0.2) is 24.4 Å². The van der Waals surface area contributed by atoms with E-state index in [-0.39, 0.29) is 12.4 Å². The Hall–Kier alpha value is -1.83. The van der Waals surface area contributed by atoms with Gasteiger partial charge in [0.1, 0.15) is 5.75 Å². The summed E-state index contributed by atoms with van der Waals surface area (Å²) in [7, 11) is 1.72. The first-order valence-electron chi connectivity index (χ1n) is 11.5. The number of unbranched alkanes of at least 4 members (excludes halogenated alkanes) is 3. The summed E-state index contributed by atoms with van der Waals surface area (Å²) in [5.74, 6) is 0.873. The van der Waals surface area contributed by atoms with E-state index < -0.39 is 0 Å². The van der Waals surface area contributed by atoms with Crippen molar-refractivity contribution >= 4 is 46.3 Å². The fraction of sp³-hybridized carbons (Fsp3) is 0.583. The summed E-state index contributed by atoms with van der Waals surface area (Å²) >= 11 is 5.42. The highest BCUT2D eigenvalue weighted by Gasteiger charge is 2.17. The monoisotopic (exact) mass is 479 g/mol. The summed E-state index contributed by atoms with van der Waals surface area (Å²) in [5.41, 5.74) is 3.30. The molecule has 1 fully saturated rings. The number of pyridine rings is 1. The lowest BCUT2D eigenvalue weighted by Gasteiger charge is -2.36. The number of thiocarbonyl (C=S) groups is 1. The Labute approximate surface area is 204 Å². The predicted octanol–water partition coefficient (Wildman–Crippen LogP) is 4.46. The van der Waals surface area contributed by atoms with Crippen molar-refractivity contribution in [1.29, 1.82) is 0 Å². The number of benzene rings is 1. The molecule has 1 saturated heterocycles. The maximum atomic E-state index is 5.48. The van der Waals surface area contributed by atoms with Crippen molar-refractivity contribution in [2.24, 2.45) is 0 Å². The number of piperazine rings is 1. The average molecular weight is 480 g/mol. The van der Waals surface area contributed by atoms with Crippen LogP contribution in [0.25, 0.3) is 10.9 Å². The molecule has 178 valence electrons. The Morgan fingerprint density at radius 2 is 1.88 bits per heavy atom. The molecule has 2 aromatic rings. The van der Waals surface area contributed by atoms with E-state index in [9.17, 15) is 0 Å². The molecule has 8 heteroatoms. The van der Waals surface area contributed by atoms with Gasteiger partial charge in [0.2, 0.25) is 0 Å². The standard InChI is InChI=1S/C24H37N5OS.ClH/c1-4-25-24(31)29-15-13-28(14-16-29)12-8-6-5-7-10-26-22-18-20(30-3)17-21-19(2)9-11-27-23(21)22;/h9,11,17-18,26H,4-8,10,12-16H2,1-3H3,(H,25,31);1H. The summed E-state index contributed by atoms with van der Waals surface area (Å²) in [5, 5.41) is 8.89. The van der Waals surface area contributed by atoms with Gasteiger partial charge >= 0.3 is 0 Å². The van der Waals surface area contributed by atoms with E-state index in [1.54, 1.807) is 7.11 Å². The van der Waals surface area contributed by atoms with Gasteiger partial charge in [0.25, 0.3) is 0 Å². The predicted molar refractivity (Wildman–Crippen MR) is 142 cm³/mol. The second kappa shape index (κ2) is 13.7. The Morgan fingerprint density at radius 1 is 1.12 bits per heavy atom. The fourth-order valence-electron chi connectivity index (χ4n) is 4.09. The van der Waals surface area contributed by atoms with Crippen LogP contribution in [-0.4, -0.2) is 72.8 Å². The first-order valence-corrected chi connectivity index (χ1v) is 12.0. The molecule has 6 nitrogen and oxygen atoms in total. The number of aryl methyl sites for hydroxylation is 1. The Kier molecular flexibility index (Phi) is 11.3. The first-order chi connectivity index (χ1) is 15.1. The van der Waals surface area contributed by atoms with Gasteiger partial charge in [-0.25, -0.2) is 0 Å². The summed E-state index contributed by atoms with van der Waals surface area (Å²) in [6.45, 7) is 11.6. The number of halogens is 1. The first kappa shape index (κ1) is 26.4. The van der Waals surface area contributed by atoms with Crippen molar-refractivity contribution in [2.45, 2.75) is 39.5 Å². The topological polar surface area (TPSA) is 52.7 Å². The van der Waals surface area contributed by atoms with Gasteiger partial charge in [-0.2, -0.15) is 0 Å². The minimum atomic E-state index is 0. The number of fused-ring (bicyclic) bond motifs is 1. The van der Waals surface area contributed by atoms with Crippen LogP contribution >= 0.6 is 24.6 Å². The number of hydrogen-bond acceptors (Lipinski definition) is 5. The van der Waals surface area contributed by atoms with Gasteiger partial charge in [0.15, 0.2) is 5.11 Å². The second-order valence-corrected chi connectivity index (χ2v) is 8.59. The number of methoxy groups -OCH3 is 1. The number of ether oxygens (including phenoxy) is 1.